The predicted molar refractivity (Wildman–Crippen MR) is 88.5 cm³/mol. The number of rotatable bonds is 5. The Labute approximate surface area is 136 Å². The van der Waals surface area contributed by atoms with Gasteiger partial charge in [-0.05, 0) is 25.1 Å². The van der Waals surface area contributed by atoms with Gasteiger partial charge in [0.2, 0.25) is 0 Å². The number of hydrogen-bond acceptors (Lipinski definition) is 5. The molecule has 0 fully saturated rings. The molecule has 1 atom stereocenters. The van der Waals surface area contributed by atoms with Gasteiger partial charge in [0.05, 0.1) is 18.0 Å². The van der Waals surface area contributed by atoms with E-state index < -0.39 is 5.25 Å². The van der Waals surface area contributed by atoms with E-state index in [0.29, 0.717) is 27.6 Å². The highest BCUT2D eigenvalue weighted by molar-refractivity contribution is 8.00. The maximum Gasteiger partial charge on any atom is 0.318 e. The van der Waals surface area contributed by atoms with Crippen LogP contribution in [0.5, 0.6) is 0 Å². The number of benzene rings is 1. The van der Waals surface area contributed by atoms with Crippen molar-refractivity contribution in [2.45, 2.75) is 23.9 Å². The molecule has 0 saturated carbocycles. The SMILES string of the molecule is C=CCn1c(SC(C)C(=O)OC)nc2cc(Cl)ccc2c1=O. The van der Waals surface area contributed by atoms with Crippen LogP contribution in [-0.2, 0) is 16.1 Å². The fourth-order valence-electron chi connectivity index (χ4n) is 1.93. The van der Waals surface area contributed by atoms with E-state index in [9.17, 15) is 9.59 Å². The minimum atomic E-state index is -0.482. The van der Waals surface area contributed by atoms with Crippen LogP contribution in [-0.4, -0.2) is 27.9 Å². The molecule has 1 heterocycles. The Bertz CT molecular complexity index is 788. The molecule has 0 aliphatic carbocycles. The van der Waals surface area contributed by atoms with Crippen LogP contribution in [0.3, 0.4) is 0 Å². The van der Waals surface area contributed by atoms with Crippen molar-refractivity contribution in [2.24, 2.45) is 0 Å². The van der Waals surface area contributed by atoms with Crippen LogP contribution in [0.4, 0.5) is 0 Å². The molecule has 1 aromatic carbocycles. The van der Waals surface area contributed by atoms with Crippen molar-refractivity contribution < 1.29 is 9.53 Å². The smallest absolute Gasteiger partial charge is 0.318 e. The highest BCUT2D eigenvalue weighted by Gasteiger charge is 2.19. The third-order valence-corrected chi connectivity index (χ3v) is 4.31. The molecule has 5 nitrogen and oxygen atoms in total. The Morgan fingerprint density at radius 2 is 2.32 bits per heavy atom. The molecule has 116 valence electrons. The van der Waals surface area contributed by atoms with Crippen molar-refractivity contribution in [1.29, 1.82) is 0 Å². The van der Waals surface area contributed by atoms with E-state index in [1.165, 1.54) is 11.7 Å². The molecular formula is C15H15ClN2O3S. The van der Waals surface area contributed by atoms with Gasteiger partial charge in [0.15, 0.2) is 5.16 Å². The van der Waals surface area contributed by atoms with Crippen LogP contribution in [0.2, 0.25) is 5.02 Å². The fraction of sp³-hybridized carbons (Fsp3) is 0.267. The molecule has 7 heteroatoms. The summed E-state index contributed by atoms with van der Waals surface area (Å²) in [6, 6.07) is 4.92. The molecule has 0 saturated heterocycles. The highest BCUT2D eigenvalue weighted by Crippen LogP contribution is 2.24. The molecule has 0 aliphatic rings. The molecule has 0 aliphatic heterocycles. The first-order chi connectivity index (χ1) is 10.5. The second kappa shape index (κ2) is 6.98. The first-order valence-electron chi connectivity index (χ1n) is 6.53. The Morgan fingerprint density at radius 1 is 1.59 bits per heavy atom. The average molecular weight is 339 g/mol. The van der Waals surface area contributed by atoms with Gasteiger partial charge in [-0.15, -0.1) is 6.58 Å². The van der Waals surface area contributed by atoms with Crippen molar-refractivity contribution in [2.75, 3.05) is 7.11 Å². The van der Waals surface area contributed by atoms with E-state index in [4.69, 9.17) is 16.3 Å². The van der Waals surface area contributed by atoms with E-state index in [1.54, 1.807) is 31.2 Å². The minimum absolute atomic E-state index is 0.193. The highest BCUT2D eigenvalue weighted by atomic mass is 35.5. The summed E-state index contributed by atoms with van der Waals surface area (Å²) in [4.78, 5) is 28.6. The molecule has 0 radical (unpaired) electrons. The fourth-order valence-corrected chi connectivity index (χ4v) is 3.04. The van der Waals surface area contributed by atoms with Crippen LogP contribution < -0.4 is 5.56 Å². The van der Waals surface area contributed by atoms with E-state index in [-0.39, 0.29) is 11.5 Å². The lowest BCUT2D eigenvalue weighted by molar-refractivity contribution is -0.139. The van der Waals surface area contributed by atoms with Gasteiger partial charge >= 0.3 is 5.97 Å². The summed E-state index contributed by atoms with van der Waals surface area (Å²) in [6.45, 7) is 5.66. The van der Waals surface area contributed by atoms with E-state index in [0.717, 1.165) is 11.8 Å². The molecular weight excluding hydrogens is 324 g/mol. The summed E-state index contributed by atoms with van der Waals surface area (Å²) in [5.74, 6) is -0.379. The summed E-state index contributed by atoms with van der Waals surface area (Å²) >= 11 is 7.12. The van der Waals surface area contributed by atoms with Gasteiger partial charge in [-0.25, -0.2) is 4.98 Å². The van der Waals surface area contributed by atoms with Crippen LogP contribution >= 0.6 is 23.4 Å². The van der Waals surface area contributed by atoms with Crippen LogP contribution in [0.1, 0.15) is 6.92 Å². The molecule has 0 amide bonds. The zero-order valence-corrected chi connectivity index (χ0v) is 13.8. The average Bonchev–Trinajstić information content (AvgIpc) is 2.49. The van der Waals surface area contributed by atoms with Gasteiger partial charge in [-0.1, -0.05) is 29.4 Å². The van der Waals surface area contributed by atoms with Crippen LogP contribution in [0.25, 0.3) is 10.9 Å². The summed E-state index contributed by atoms with van der Waals surface area (Å²) in [5, 5.41) is 0.918. The number of ether oxygens (including phenoxy) is 1. The van der Waals surface area contributed by atoms with Crippen molar-refractivity contribution in [1.82, 2.24) is 9.55 Å². The summed E-state index contributed by atoms with van der Waals surface area (Å²) in [6.07, 6.45) is 1.61. The molecule has 2 rings (SSSR count). The number of fused-ring (bicyclic) bond motifs is 1. The summed E-state index contributed by atoms with van der Waals surface area (Å²) in [5.41, 5.74) is 0.304. The summed E-state index contributed by atoms with van der Waals surface area (Å²) < 4.78 is 6.18. The molecule has 1 unspecified atom stereocenters. The maximum absolute atomic E-state index is 12.6. The third kappa shape index (κ3) is 3.34. The molecule has 0 N–H and O–H groups in total. The van der Waals surface area contributed by atoms with Crippen molar-refractivity contribution in [3.8, 4) is 0 Å². The number of allylic oxidation sites excluding steroid dienone is 1. The molecule has 1 aromatic heterocycles. The predicted octanol–water partition coefficient (Wildman–Crippen LogP) is 2.89. The number of esters is 1. The lowest BCUT2D eigenvalue weighted by Crippen LogP contribution is -2.24. The van der Waals surface area contributed by atoms with Crippen molar-refractivity contribution >= 4 is 40.2 Å². The zero-order chi connectivity index (χ0) is 16.3. The molecule has 2 aromatic rings. The second-order valence-corrected chi connectivity index (χ2v) is 6.29. The lowest BCUT2D eigenvalue weighted by Gasteiger charge is -2.14. The largest absolute Gasteiger partial charge is 0.468 e. The number of aromatic nitrogens is 2. The zero-order valence-electron chi connectivity index (χ0n) is 12.2. The quantitative estimate of drug-likeness (QED) is 0.363. The molecule has 0 bridgehead atoms. The second-order valence-electron chi connectivity index (χ2n) is 4.54. The monoisotopic (exact) mass is 338 g/mol. The van der Waals surface area contributed by atoms with Gasteiger partial charge in [-0.2, -0.15) is 0 Å². The minimum Gasteiger partial charge on any atom is -0.468 e. The van der Waals surface area contributed by atoms with Gasteiger partial charge in [0, 0.05) is 11.6 Å². The van der Waals surface area contributed by atoms with Crippen molar-refractivity contribution in [3.05, 3.63) is 46.2 Å². The number of carbonyl (C=O) groups excluding carboxylic acids is 1. The van der Waals surface area contributed by atoms with Crippen molar-refractivity contribution in [3.63, 3.8) is 0 Å². The van der Waals surface area contributed by atoms with Gasteiger partial charge in [-0.3, -0.25) is 14.2 Å². The lowest BCUT2D eigenvalue weighted by atomic mass is 10.2. The molecule has 0 spiro atoms. The Kier molecular flexibility index (Phi) is 5.26. The normalized spacial score (nSPS) is 12.1. The first-order valence-corrected chi connectivity index (χ1v) is 7.79. The van der Waals surface area contributed by atoms with E-state index >= 15 is 0 Å². The first kappa shape index (κ1) is 16.6. The molecule has 22 heavy (non-hydrogen) atoms. The number of thioether (sulfide) groups is 1. The van der Waals surface area contributed by atoms with E-state index in [1.807, 2.05) is 0 Å². The number of methoxy groups -OCH3 is 1. The Hall–Kier alpha value is -1.79. The van der Waals surface area contributed by atoms with Gasteiger partial charge < -0.3 is 4.74 Å². The number of carbonyl (C=O) groups is 1. The summed E-state index contributed by atoms with van der Waals surface area (Å²) in [7, 11) is 1.32. The van der Waals surface area contributed by atoms with E-state index in [2.05, 4.69) is 11.6 Å². The number of halogens is 1. The van der Waals surface area contributed by atoms with Crippen LogP contribution in [0.15, 0.2) is 40.8 Å². The number of hydrogen-bond donors (Lipinski definition) is 0. The third-order valence-electron chi connectivity index (χ3n) is 3.01. The maximum atomic E-state index is 12.6. The topological polar surface area (TPSA) is 61.2 Å². The Morgan fingerprint density at radius 3 is 2.95 bits per heavy atom. The standard InChI is InChI=1S/C15H15ClN2O3S/c1-4-7-18-13(19)11-6-5-10(16)8-12(11)17-15(18)22-9(2)14(20)21-3/h4-6,8-9H,1,7H2,2-3H3. The van der Waals surface area contributed by atoms with Gasteiger partial charge in [0.25, 0.3) is 5.56 Å². The van der Waals surface area contributed by atoms with Crippen LogP contribution in [0, 0.1) is 0 Å². The van der Waals surface area contributed by atoms with Gasteiger partial charge in [0.1, 0.15) is 5.25 Å². The Balaban J connectivity index is 2.59. The number of nitrogens with zero attached hydrogens (tertiary/aromatic N) is 2.